The standard InChI is InChI=1S/C19H15ClFN3O4/c20-17-9-15(6-3-13(17)10-22)24-8-7-16(11-24)27-19(26)23-14-4-1-12(2-5-14)18(25)28-21/h1-6,9,16H,7-8,11H2,(H,23,26)/t16-/m1/s1. The molecule has 1 saturated heterocycles. The normalized spacial score (nSPS) is 15.6. The third-order valence-corrected chi connectivity index (χ3v) is 4.61. The zero-order valence-corrected chi connectivity index (χ0v) is 15.3. The fourth-order valence-corrected chi connectivity index (χ4v) is 3.10. The second kappa shape index (κ2) is 8.59. The molecule has 0 aliphatic carbocycles. The number of nitrogens with one attached hydrogen (secondary N) is 1. The molecule has 9 heteroatoms. The summed E-state index contributed by atoms with van der Waals surface area (Å²) in [6, 6.07) is 12.7. The van der Waals surface area contributed by atoms with E-state index in [1.54, 1.807) is 18.2 Å². The molecular weight excluding hydrogens is 389 g/mol. The molecular formula is C19H15ClFN3O4. The molecule has 0 spiro atoms. The summed E-state index contributed by atoms with van der Waals surface area (Å²) in [6.07, 6.45) is -0.299. The van der Waals surface area contributed by atoms with Crippen molar-refractivity contribution in [3.05, 3.63) is 58.6 Å². The Morgan fingerprint density at radius 2 is 2.00 bits per heavy atom. The SMILES string of the molecule is N#Cc1ccc(N2CC[C@@H](OC(=O)Nc3ccc(C(=O)OF)cc3)C2)cc1Cl. The van der Waals surface area contributed by atoms with E-state index < -0.39 is 12.1 Å². The van der Waals surface area contributed by atoms with Gasteiger partial charge in [-0.05, 0) is 42.5 Å². The Kier molecular flexibility index (Phi) is 5.96. The highest BCUT2D eigenvalue weighted by molar-refractivity contribution is 6.32. The van der Waals surface area contributed by atoms with E-state index in [9.17, 15) is 14.1 Å². The molecule has 1 heterocycles. The summed E-state index contributed by atoms with van der Waals surface area (Å²) in [6.45, 7) is 1.18. The van der Waals surface area contributed by atoms with Crippen molar-refractivity contribution in [2.75, 3.05) is 23.3 Å². The summed E-state index contributed by atoms with van der Waals surface area (Å²) in [5.41, 5.74) is 1.68. The number of nitrogens with zero attached hydrogens (tertiary/aromatic N) is 2. The molecule has 0 unspecified atom stereocenters. The van der Waals surface area contributed by atoms with Crippen LogP contribution in [0.5, 0.6) is 0 Å². The van der Waals surface area contributed by atoms with Gasteiger partial charge in [0.15, 0.2) is 0 Å². The van der Waals surface area contributed by atoms with Gasteiger partial charge in [0.1, 0.15) is 12.2 Å². The van der Waals surface area contributed by atoms with Crippen LogP contribution in [0.15, 0.2) is 42.5 Å². The number of hydrogen-bond acceptors (Lipinski definition) is 6. The molecule has 1 N–H and O–H groups in total. The molecule has 1 amide bonds. The number of hydrogen-bond donors (Lipinski definition) is 1. The maximum atomic E-state index is 12.1. The van der Waals surface area contributed by atoms with Crippen LogP contribution >= 0.6 is 11.6 Å². The van der Waals surface area contributed by atoms with E-state index in [4.69, 9.17) is 21.6 Å². The van der Waals surface area contributed by atoms with Crippen LogP contribution in [0, 0.1) is 11.3 Å². The van der Waals surface area contributed by atoms with Gasteiger partial charge in [-0.15, -0.1) is 0 Å². The van der Waals surface area contributed by atoms with Crippen LogP contribution in [0.2, 0.25) is 5.02 Å². The first-order valence-electron chi connectivity index (χ1n) is 8.35. The number of carbonyl (C=O) groups is 2. The number of anilines is 2. The largest absolute Gasteiger partial charge is 0.444 e. The van der Waals surface area contributed by atoms with Gasteiger partial charge in [0.25, 0.3) is 0 Å². The van der Waals surface area contributed by atoms with Crippen LogP contribution < -0.4 is 10.2 Å². The lowest BCUT2D eigenvalue weighted by atomic mass is 10.2. The van der Waals surface area contributed by atoms with Crippen LogP contribution in [0.25, 0.3) is 0 Å². The van der Waals surface area contributed by atoms with Gasteiger partial charge in [-0.1, -0.05) is 11.6 Å². The van der Waals surface area contributed by atoms with Crippen LogP contribution in [0.4, 0.5) is 20.7 Å². The molecule has 0 aromatic heterocycles. The topological polar surface area (TPSA) is 91.7 Å². The van der Waals surface area contributed by atoms with E-state index in [1.165, 1.54) is 24.3 Å². The van der Waals surface area contributed by atoms with Gasteiger partial charge in [0.05, 0.1) is 22.7 Å². The summed E-state index contributed by atoms with van der Waals surface area (Å²) in [4.78, 5) is 28.3. The van der Waals surface area contributed by atoms with Gasteiger partial charge in [-0.25, -0.2) is 14.5 Å². The third kappa shape index (κ3) is 4.50. The molecule has 2 aromatic rings. The van der Waals surface area contributed by atoms with Crippen molar-refractivity contribution in [2.24, 2.45) is 0 Å². The first-order chi connectivity index (χ1) is 13.5. The van der Waals surface area contributed by atoms with Crippen molar-refractivity contribution in [1.82, 2.24) is 0 Å². The van der Waals surface area contributed by atoms with Gasteiger partial charge < -0.3 is 9.64 Å². The number of benzene rings is 2. The Bertz CT molecular complexity index is 930. The zero-order chi connectivity index (χ0) is 20.1. The molecule has 0 saturated carbocycles. The van der Waals surface area contributed by atoms with Gasteiger partial charge >= 0.3 is 12.1 Å². The molecule has 28 heavy (non-hydrogen) atoms. The van der Waals surface area contributed by atoms with Crippen molar-refractivity contribution >= 4 is 35.0 Å². The molecule has 0 bridgehead atoms. The summed E-state index contributed by atoms with van der Waals surface area (Å²) in [5.74, 6) is -1.11. The molecule has 1 aliphatic heterocycles. The number of amides is 1. The minimum absolute atomic E-state index is 0.0222. The van der Waals surface area contributed by atoms with E-state index in [-0.39, 0.29) is 11.7 Å². The molecule has 1 atom stereocenters. The maximum Gasteiger partial charge on any atom is 0.411 e. The molecule has 2 aromatic carbocycles. The molecule has 1 fully saturated rings. The van der Waals surface area contributed by atoms with Gasteiger partial charge in [-0.3, -0.25) is 5.32 Å². The fourth-order valence-electron chi connectivity index (χ4n) is 2.88. The van der Waals surface area contributed by atoms with E-state index in [1.807, 2.05) is 11.0 Å². The second-order valence-electron chi connectivity index (χ2n) is 6.10. The summed E-state index contributed by atoms with van der Waals surface area (Å²) < 4.78 is 17.3. The van der Waals surface area contributed by atoms with Crippen molar-refractivity contribution in [1.29, 1.82) is 5.26 Å². The minimum Gasteiger partial charge on any atom is -0.444 e. The van der Waals surface area contributed by atoms with Gasteiger partial charge in [0, 0.05) is 28.9 Å². The summed E-state index contributed by atoms with van der Waals surface area (Å²) in [7, 11) is 0. The Morgan fingerprint density at radius 1 is 1.25 bits per heavy atom. The van der Waals surface area contributed by atoms with E-state index >= 15 is 0 Å². The number of carbonyl (C=O) groups excluding carboxylic acids is 2. The molecule has 7 nitrogen and oxygen atoms in total. The van der Waals surface area contributed by atoms with Crippen molar-refractivity contribution in [3.8, 4) is 6.07 Å². The van der Waals surface area contributed by atoms with Crippen molar-refractivity contribution in [3.63, 3.8) is 0 Å². The Balaban J connectivity index is 1.54. The second-order valence-corrected chi connectivity index (χ2v) is 6.51. The Labute approximate surface area is 165 Å². The third-order valence-electron chi connectivity index (χ3n) is 4.29. The summed E-state index contributed by atoms with van der Waals surface area (Å²) in [5, 5.41) is 11.9. The van der Waals surface area contributed by atoms with Crippen LogP contribution in [0.1, 0.15) is 22.3 Å². The Morgan fingerprint density at radius 3 is 2.64 bits per heavy atom. The summed E-state index contributed by atoms with van der Waals surface area (Å²) >= 11 is 6.06. The fraction of sp³-hybridized carbons (Fsp3) is 0.211. The molecule has 1 aliphatic rings. The van der Waals surface area contributed by atoms with Crippen LogP contribution in [-0.2, 0) is 9.68 Å². The highest BCUT2D eigenvalue weighted by Crippen LogP contribution is 2.27. The van der Waals surface area contributed by atoms with Crippen molar-refractivity contribution in [2.45, 2.75) is 12.5 Å². The van der Waals surface area contributed by atoms with Gasteiger partial charge in [-0.2, -0.15) is 5.26 Å². The number of rotatable bonds is 4. The highest BCUT2D eigenvalue weighted by atomic mass is 35.5. The highest BCUT2D eigenvalue weighted by Gasteiger charge is 2.26. The molecule has 144 valence electrons. The Hall–Kier alpha value is -3.31. The monoisotopic (exact) mass is 403 g/mol. The average Bonchev–Trinajstić information content (AvgIpc) is 3.16. The van der Waals surface area contributed by atoms with Crippen molar-refractivity contribution < 1.29 is 23.8 Å². The minimum atomic E-state index is -1.11. The number of nitriles is 1. The maximum absolute atomic E-state index is 12.1. The van der Waals surface area contributed by atoms with Crippen LogP contribution in [0.3, 0.4) is 0 Å². The first kappa shape index (κ1) is 19.5. The first-order valence-corrected chi connectivity index (χ1v) is 8.73. The van der Waals surface area contributed by atoms with E-state index in [0.717, 1.165) is 5.69 Å². The predicted molar refractivity (Wildman–Crippen MR) is 99.9 cm³/mol. The number of halogens is 2. The van der Waals surface area contributed by atoms with Gasteiger partial charge in [0.2, 0.25) is 0 Å². The smallest absolute Gasteiger partial charge is 0.411 e. The lowest BCUT2D eigenvalue weighted by molar-refractivity contribution is -0.0788. The van der Waals surface area contributed by atoms with Crippen LogP contribution in [-0.4, -0.2) is 31.3 Å². The lowest BCUT2D eigenvalue weighted by Gasteiger charge is -2.19. The lowest BCUT2D eigenvalue weighted by Crippen LogP contribution is -2.26. The zero-order valence-electron chi connectivity index (χ0n) is 14.5. The number of ether oxygens (including phenoxy) is 1. The quantitative estimate of drug-likeness (QED) is 0.827. The average molecular weight is 404 g/mol. The molecule has 3 rings (SSSR count). The predicted octanol–water partition coefficient (Wildman–Crippen LogP) is 4.08. The van der Waals surface area contributed by atoms with E-state index in [0.29, 0.717) is 35.8 Å². The molecule has 0 radical (unpaired) electrons. The van der Waals surface area contributed by atoms with E-state index in [2.05, 4.69) is 10.3 Å².